The van der Waals surface area contributed by atoms with E-state index in [9.17, 15) is 14.4 Å². The predicted molar refractivity (Wildman–Crippen MR) is 184 cm³/mol. The Bertz CT molecular complexity index is 1960. The SMILES string of the molecule is CC(=O)c1nn(CC(=O)N2C3CC3(CN3CCC4(CC3)CC4)C[C@H]2C(=O)Nc2nc(Br)ccc2C)c2ccc(-c3cnc(C)nc3)cc12. The number of amides is 2. The minimum Gasteiger partial charge on any atom is -0.325 e. The van der Waals surface area contributed by atoms with Crippen molar-refractivity contribution in [2.45, 2.75) is 77.9 Å². The summed E-state index contributed by atoms with van der Waals surface area (Å²) < 4.78 is 2.24. The molecule has 2 unspecified atom stereocenters. The third kappa shape index (κ3) is 5.62. The Morgan fingerprint density at radius 3 is 2.44 bits per heavy atom. The standard InChI is InChI=1S/C36H39BrN8O3/c1-21-4-7-30(37)40-33(21)41-34(48)28-15-36(20-43-12-10-35(8-9-35)11-13-43)16-29(36)45(28)31(47)19-44-27-6-5-24(25-17-38-23(3)39-18-25)14-26(27)32(42-44)22(2)46/h4-7,14,17-18,28-29H,8-13,15-16,19-20H2,1-3H3,(H,40,41,48)/t28-,29?,36?/m0/s1. The number of ketones is 1. The summed E-state index contributed by atoms with van der Waals surface area (Å²) in [6.07, 6.45) is 10.2. The van der Waals surface area contributed by atoms with Crippen molar-refractivity contribution in [3.8, 4) is 11.1 Å². The van der Waals surface area contributed by atoms with Crippen LogP contribution in [0, 0.1) is 24.7 Å². The van der Waals surface area contributed by atoms with Crippen LogP contribution in [0.1, 0.15) is 67.3 Å². The molecule has 2 saturated heterocycles. The van der Waals surface area contributed by atoms with Crippen molar-refractivity contribution in [2.75, 3.05) is 25.0 Å². The van der Waals surface area contributed by atoms with Gasteiger partial charge in [0, 0.05) is 48.3 Å². The van der Waals surface area contributed by atoms with Gasteiger partial charge in [0.15, 0.2) is 5.78 Å². The number of Topliss-reactive ketones (excluding diaryl/α,β-unsaturated/α-hetero) is 1. The maximum atomic E-state index is 14.4. The van der Waals surface area contributed by atoms with E-state index < -0.39 is 6.04 Å². The van der Waals surface area contributed by atoms with Gasteiger partial charge in [0.2, 0.25) is 11.8 Å². The maximum absolute atomic E-state index is 14.4. The van der Waals surface area contributed by atoms with Crippen LogP contribution < -0.4 is 5.32 Å². The number of likely N-dealkylation sites (tertiary alicyclic amines) is 2. The molecule has 2 aliphatic heterocycles. The van der Waals surface area contributed by atoms with Crippen molar-refractivity contribution in [3.63, 3.8) is 0 Å². The van der Waals surface area contributed by atoms with Gasteiger partial charge in [-0.1, -0.05) is 12.1 Å². The van der Waals surface area contributed by atoms with E-state index >= 15 is 0 Å². The summed E-state index contributed by atoms with van der Waals surface area (Å²) in [7, 11) is 0. The largest absolute Gasteiger partial charge is 0.325 e. The van der Waals surface area contributed by atoms with Gasteiger partial charge in [0.05, 0.1) is 5.52 Å². The molecule has 48 heavy (non-hydrogen) atoms. The Morgan fingerprint density at radius 1 is 0.979 bits per heavy atom. The average molecular weight is 712 g/mol. The van der Waals surface area contributed by atoms with Gasteiger partial charge < -0.3 is 15.1 Å². The van der Waals surface area contributed by atoms with E-state index in [0.717, 1.165) is 42.7 Å². The van der Waals surface area contributed by atoms with Gasteiger partial charge in [0.1, 0.15) is 34.5 Å². The molecule has 0 bridgehead atoms. The zero-order valence-electron chi connectivity index (χ0n) is 27.5. The topological polar surface area (TPSA) is 126 Å². The van der Waals surface area contributed by atoms with Crippen molar-refractivity contribution < 1.29 is 14.4 Å². The molecule has 4 aliphatic rings. The number of pyridine rings is 1. The molecule has 8 rings (SSSR count). The smallest absolute Gasteiger partial charge is 0.248 e. The first-order valence-corrected chi connectivity index (χ1v) is 17.6. The lowest BCUT2D eigenvalue weighted by Gasteiger charge is -2.34. The van der Waals surface area contributed by atoms with Gasteiger partial charge in [-0.15, -0.1) is 0 Å². The van der Waals surface area contributed by atoms with Crippen LogP contribution in [-0.4, -0.2) is 83.8 Å². The summed E-state index contributed by atoms with van der Waals surface area (Å²) in [5.74, 6) is 0.578. The number of piperidine rings is 2. The first-order chi connectivity index (χ1) is 23.0. The Kier molecular flexibility index (Phi) is 7.52. The number of halogens is 1. The monoisotopic (exact) mass is 710 g/mol. The van der Waals surface area contributed by atoms with E-state index in [-0.39, 0.29) is 35.6 Å². The quantitative estimate of drug-likeness (QED) is 0.192. The lowest BCUT2D eigenvalue weighted by molar-refractivity contribution is -0.138. The second kappa shape index (κ2) is 11.5. The Labute approximate surface area is 287 Å². The number of carbonyl (C=O) groups is 3. The van der Waals surface area contributed by atoms with Gasteiger partial charge in [0.25, 0.3) is 0 Å². The van der Waals surface area contributed by atoms with Crippen LogP contribution in [0.15, 0.2) is 47.3 Å². The van der Waals surface area contributed by atoms with Gasteiger partial charge in [-0.3, -0.25) is 19.1 Å². The highest BCUT2D eigenvalue weighted by Gasteiger charge is 2.67. The molecule has 0 radical (unpaired) electrons. The van der Waals surface area contributed by atoms with Crippen molar-refractivity contribution in [2.24, 2.45) is 10.8 Å². The van der Waals surface area contributed by atoms with Crippen LogP contribution in [0.5, 0.6) is 0 Å². The maximum Gasteiger partial charge on any atom is 0.248 e. The van der Waals surface area contributed by atoms with Crippen molar-refractivity contribution in [1.82, 2.24) is 34.5 Å². The second-order valence-electron chi connectivity index (χ2n) is 14.5. The molecule has 3 aromatic heterocycles. The predicted octanol–water partition coefficient (Wildman–Crippen LogP) is 5.34. The molecular formula is C36H39BrN8O3. The number of benzene rings is 1. The molecule has 3 atom stereocenters. The third-order valence-corrected chi connectivity index (χ3v) is 11.7. The average Bonchev–Trinajstić information content (AvgIpc) is 3.92. The fourth-order valence-electron chi connectivity index (χ4n) is 8.07. The first kappa shape index (κ1) is 31.3. The number of hydrogen-bond acceptors (Lipinski definition) is 8. The molecule has 1 aromatic carbocycles. The molecule has 1 N–H and O–H groups in total. The molecule has 2 saturated carbocycles. The van der Waals surface area contributed by atoms with Crippen molar-refractivity contribution in [3.05, 3.63) is 64.4 Å². The summed E-state index contributed by atoms with van der Waals surface area (Å²) in [5.41, 5.74) is 4.01. The van der Waals surface area contributed by atoms with Crippen LogP contribution in [0.3, 0.4) is 0 Å². The molecule has 1 spiro atoms. The van der Waals surface area contributed by atoms with Crippen LogP contribution >= 0.6 is 15.9 Å². The van der Waals surface area contributed by atoms with Crippen LogP contribution in [0.25, 0.3) is 22.0 Å². The number of carbonyl (C=O) groups excluding carboxylic acids is 3. The Hall–Kier alpha value is -4.03. The van der Waals surface area contributed by atoms with Gasteiger partial charge in [-0.05, 0) is 116 Å². The highest BCUT2D eigenvalue weighted by Crippen LogP contribution is 2.61. The molecule has 2 aliphatic carbocycles. The molecule has 248 valence electrons. The lowest BCUT2D eigenvalue weighted by Crippen LogP contribution is -2.47. The second-order valence-corrected chi connectivity index (χ2v) is 15.3. The first-order valence-electron chi connectivity index (χ1n) is 16.8. The van der Waals surface area contributed by atoms with Gasteiger partial charge in [-0.25, -0.2) is 15.0 Å². The van der Waals surface area contributed by atoms with E-state index in [4.69, 9.17) is 0 Å². The van der Waals surface area contributed by atoms with E-state index in [1.54, 1.807) is 17.1 Å². The number of aryl methyl sites for hydroxylation is 2. The fraction of sp³-hybridized carbons (Fsp3) is 0.472. The number of fused-ring (bicyclic) bond motifs is 2. The molecule has 4 aromatic rings. The molecule has 12 heteroatoms. The minimum absolute atomic E-state index is 0.0172. The number of rotatable bonds is 8. The van der Waals surface area contributed by atoms with Crippen molar-refractivity contribution in [1.29, 1.82) is 0 Å². The number of nitrogens with zero attached hydrogens (tertiary/aromatic N) is 7. The van der Waals surface area contributed by atoms with Crippen molar-refractivity contribution >= 4 is 50.2 Å². The highest BCUT2D eigenvalue weighted by molar-refractivity contribution is 9.10. The Morgan fingerprint density at radius 2 is 1.73 bits per heavy atom. The molecule has 11 nitrogen and oxygen atoms in total. The van der Waals surface area contributed by atoms with Crippen LogP contribution in [0.4, 0.5) is 5.82 Å². The lowest BCUT2D eigenvalue weighted by atomic mass is 9.91. The summed E-state index contributed by atoms with van der Waals surface area (Å²) >= 11 is 3.41. The third-order valence-electron chi connectivity index (χ3n) is 11.2. The Balaban J connectivity index is 1.08. The molecule has 5 heterocycles. The summed E-state index contributed by atoms with van der Waals surface area (Å²) in [4.78, 5) is 58.6. The molecule has 2 amide bonds. The summed E-state index contributed by atoms with van der Waals surface area (Å²) in [6.45, 7) is 8.22. The number of aromatic nitrogens is 5. The van der Waals surface area contributed by atoms with E-state index in [1.165, 1.54) is 32.6 Å². The minimum atomic E-state index is -0.627. The van der Waals surface area contributed by atoms with Crippen LogP contribution in [0.2, 0.25) is 0 Å². The summed E-state index contributed by atoms with van der Waals surface area (Å²) in [6, 6.07) is 8.82. The van der Waals surface area contributed by atoms with Gasteiger partial charge >= 0.3 is 0 Å². The molecule has 4 fully saturated rings. The molecular weight excluding hydrogens is 672 g/mol. The van der Waals surface area contributed by atoms with Crippen LogP contribution in [-0.2, 0) is 16.1 Å². The number of hydrogen-bond donors (Lipinski definition) is 1. The summed E-state index contributed by atoms with van der Waals surface area (Å²) in [5, 5.41) is 8.34. The van der Waals surface area contributed by atoms with E-state index in [0.29, 0.717) is 44.7 Å². The zero-order valence-corrected chi connectivity index (χ0v) is 29.1. The normalized spacial score (nSPS) is 24.1. The van der Waals surface area contributed by atoms with E-state index in [1.807, 2.05) is 49.1 Å². The fourth-order valence-corrected chi connectivity index (χ4v) is 8.38. The highest BCUT2D eigenvalue weighted by atomic mass is 79.9. The number of anilines is 1. The van der Waals surface area contributed by atoms with E-state index in [2.05, 4.69) is 46.2 Å². The van der Waals surface area contributed by atoms with Gasteiger partial charge in [-0.2, -0.15) is 5.10 Å². The zero-order chi connectivity index (χ0) is 33.4. The number of nitrogens with one attached hydrogen (secondary N) is 1.